The molecular weight excluding hydrogens is 238 g/mol. The number of methoxy groups -OCH3 is 2. The van der Waals surface area contributed by atoms with Crippen LogP contribution in [0.25, 0.3) is 0 Å². The number of carbonyl (C=O) groups excluding carboxylic acids is 1. The molecular formula is C12H11NO5. The van der Waals surface area contributed by atoms with Gasteiger partial charge in [-0.05, 0) is 6.07 Å². The molecule has 6 nitrogen and oxygen atoms in total. The van der Waals surface area contributed by atoms with E-state index in [1.54, 1.807) is 0 Å². The van der Waals surface area contributed by atoms with Gasteiger partial charge in [0.25, 0.3) is 5.91 Å². The number of carbonyl (C=O) groups is 2. The van der Waals surface area contributed by atoms with Crippen LogP contribution < -0.4 is 15.2 Å². The SMILES string of the molecule is COc1cc(C#CC(N)=O)c(C(=O)O)cc1OC. The van der Waals surface area contributed by atoms with Gasteiger partial charge in [-0.3, -0.25) is 4.79 Å². The number of benzene rings is 1. The lowest BCUT2D eigenvalue weighted by atomic mass is 10.1. The van der Waals surface area contributed by atoms with Crippen molar-refractivity contribution in [1.29, 1.82) is 0 Å². The molecule has 0 atom stereocenters. The number of primary amides is 1. The Hall–Kier alpha value is -2.68. The summed E-state index contributed by atoms with van der Waals surface area (Å²) in [5.74, 6) is 3.00. The fourth-order valence-electron chi connectivity index (χ4n) is 1.29. The third kappa shape index (κ3) is 2.92. The van der Waals surface area contributed by atoms with Crippen molar-refractivity contribution in [2.75, 3.05) is 14.2 Å². The molecule has 0 bridgehead atoms. The molecule has 3 N–H and O–H groups in total. The van der Waals surface area contributed by atoms with Gasteiger partial charge in [-0.1, -0.05) is 5.92 Å². The molecule has 0 unspecified atom stereocenters. The van der Waals surface area contributed by atoms with Gasteiger partial charge in [-0.25, -0.2) is 4.79 Å². The molecule has 0 fully saturated rings. The highest BCUT2D eigenvalue weighted by Crippen LogP contribution is 2.30. The molecule has 1 rings (SSSR count). The van der Waals surface area contributed by atoms with Gasteiger partial charge in [-0.15, -0.1) is 0 Å². The molecule has 0 aliphatic carbocycles. The average molecular weight is 249 g/mol. The van der Waals surface area contributed by atoms with Crippen LogP contribution in [-0.2, 0) is 4.79 Å². The summed E-state index contributed by atoms with van der Waals surface area (Å²) in [6, 6.07) is 2.64. The second-order valence-corrected chi connectivity index (χ2v) is 3.17. The first-order valence-electron chi connectivity index (χ1n) is 4.80. The first-order chi connectivity index (χ1) is 8.49. The van der Waals surface area contributed by atoms with Crippen molar-refractivity contribution in [1.82, 2.24) is 0 Å². The zero-order chi connectivity index (χ0) is 13.7. The maximum atomic E-state index is 11.1. The summed E-state index contributed by atoms with van der Waals surface area (Å²) in [4.78, 5) is 21.6. The Kier molecular flexibility index (Phi) is 4.16. The maximum absolute atomic E-state index is 11.1. The Labute approximate surface area is 103 Å². The smallest absolute Gasteiger partial charge is 0.337 e. The minimum Gasteiger partial charge on any atom is -0.493 e. The summed E-state index contributed by atoms with van der Waals surface area (Å²) in [5, 5.41) is 9.03. The quantitative estimate of drug-likeness (QED) is 0.747. The number of nitrogens with two attached hydrogens (primary N) is 1. The number of hydrogen-bond donors (Lipinski definition) is 2. The van der Waals surface area contributed by atoms with E-state index in [-0.39, 0.29) is 16.9 Å². The lowest BCUT2D eigenvalue weighted by Gasteiger charge is -2.09. The molecule has 0 saturated carbocycles. The predicted octanol–water partition coefficient (Wildman–Crippen LogP) is 0.239. The lowest BCUT2D eigenvalue weighted by Crippen LogP contribution is -2.07. The van der Waals surface area contributed by atoms with E-state index in [0.717, 1.165) is 0 Å². The van der Waals surface area contributed by atoms with Crippen LogP contribution >= 0.6 is 0 Å². The highest BCUT2D eigenvalue weighted by atomic mass is 16.5. The summed E-state index contributed by atoms with van der Waals surface area (Å²) in [6.07, 6.45) is 0. The van der Waals surface area contributed by atoms with E-state index in [2.05, 4.69) is 11.8 Å². The van der Waals surface area contributed by atoms with Crippen molar-refractivity contribution in [3.05, 3.63) is 23.3 Å². The van der Waals surface area contributed by atoms with E-state index < -0.39 is 11.9 Å². The van der Waals surface area contributed by atoms with Crippen molar-refractivity contribution in [3.8, 4) is 23.3 Å². The Bertz CT molecular complexity index is 554. The van der Waals surface area contributed by atoms with Crippen LogP contribution in [0.15, 0.2) is 12.1 Å². The monoisotopic (exact) mass is 249 g/mol. The molecule has 0 saturated heterocycles. The molecule has 6 heteroatoms. The van der Waals surface area contributed by atoms with Crippen molar-refractivity contribution in [3.63, 3.8) is 0 Å². The Morgan fingerprint density at radius 1 is 1.22 bits per heavy atom. The third-order valence-electron chi connectivity index (χ3n) is 2.07. The van der Waals surface area contributed by atoms with Crippen LogP contribution in [0.3, 0.4) is 0 Å². The number of carboxylic acids is 1. The van der Waals surface area contributed by atoms with E-state index in [1.165, 1.54) is 26.4 Å². The van der Waals surface area contributed by atoms with Gasteiger partial charge in [0.2, 0.25) is 0 Å². The predicted molar refractivity (Wildman–Crippen MR) is 62.6 cm³/mol. The van der Waals surface area contributed by atoms with Crippen molar-refractivity contribution < 1.29 is 24.2 Å². The minimum atomic E-state index is -1.19. The average Bonchev–Trinajstić information content (AvgIpc) is 2.34. The van der Waals surface area contributed by atoms with E-state index in [0.29, 0.717) is 5.75 Å². The second kappa shape index (κ2) is 5.59. The van der Waals surface area contributed by atoms with E-state index in [4.69, 9.17) is 20.3 Å². The Balaban J connectivity index is 3.44. The van der Waals surface area contributed by atoms with Crippen LogP contribution in [0.5, 0.6) is 11.5 Å². The number of aromatic carboxylic acids is 1. The fraction of sp³-hybridized carbons (Fsp3) is 0.167. The first-order valence-corrected chi connectivity index (χ1v) is 4.80. The van der Waals surface area contributed by atoms with Gasteiger partial charge < -0.3 is 20.3 Å². The van der Waals surface area contributed by atoms with Crippen molar-refractivity contribution in [2.45, 2.75) is 0 Å². The molecule has 1 amide bonds. The van der Waals surface area contributed by atoms with Gasteiger partial charge in [0.1, 0.15) is 0 Å². The molecule has 0 aliphatic heterocycles. The first kappa shape index (κ1) is 13.4. The van der Waals surface area contributed by atoms with E-state index >= 15 is 0 Å². The number of amides is 1. The van der Waals surface area contributed by atoms with Crippen molar-refractivity contribution in [2.24, 2.45) is 5.73 Å². The van der Waals surface area contributed by atoms with Gasteiger partial charge in [0, 0.05) is 17.6 Å². The summed E-state index contributed by atoms with van der Waals surface area (Å²) < 4.78 is 10.00. The molecule has 0 aromatic heterocycles. The van der Waals surface area contributed by atoms with E-state index in [9.17, 15) is 9.59 Å². The number of hydrogen-bond acceptors (Lipinski definition) is 4. The van der Waals surface area contributed by atoms with Crippen LogP contribution in [-0.4, -0.2) is 31.2 Å². The number of ether oxygens (including phenoxy) is 2. The topological polar surface area (TPSA) is 98.9 Å². The lowest BCUT2D eigenvalue weighted by molar-refractivity contribution is -0.112. The van der Waals surface area contributed by atoms with Gasteiger partial charge in [0.05, 0.1) is 19.8 Å². The Morgan fingerprint density at radius 3 is 2.22 bits per heavy atom. The summed E-state index contributed by atoms with van der Waals surface area (Å²) in [5.41, 5.74) is 4.91. The Morgan fingerprint density at radius 2 is 1.78 bits per heavy atom. The highest BCUT2D eigenvalue weighted by molar-refractivity contribution is 5.95. The minimum absolute atomic E-state index is 0.0959. The zero-order valence-electron chi connectivity index (χ0n) is 9.81. The van der Waals surface area contributed by atoms with Gasteiger partial charge >= 0.3 is 5.97 Å². The normalized spacial score (nSPS) is 9.00. The molecule has 0 aliphatic rings. The molecule has 94 valence electrons. The van der Waals surface area contributed by atoms with Crippen LogP contribution in [0.2, 0.25) is 0 Å². The molecule has 1 aromatic carbocycles. The van der Waals surface area contributed by atoms with Gasteiger partial charge in [0.15, 0.2) is 11.5 Å². The second-order valence-electron chi connectivity index (χ2n) is 3.17. The van der Waals surface area contributed by atoms with E-state index in [1.807, 2.05) is 0 Å². The fourth-order valence-corrected chi connectivity index (χ4v) is 1.29. The van der Waals surface area contributed by atoms with Crippen LogP contribution in [0, 0.1) is 11.8 Å². The zero-order valence-corrected chi connectivity index (χ0v) is 9.81. The molecule has 18 heavy (non-hydrogen) atoms. The number of rotatable bonds is 3. The maximum Gasteiger partial charge on any atom is 0.337 e. The summed E-state index contributed by atoms with van der Waals surface area (Å²) in [7, 11) is 2.79. The van der Waals surface area contributed by atoms with Crippen molar-refractivity contribution >= 4 is 11.9 Å². The highest BCUT2D eigenvalue weighted by Gasteiger charge is 2.14. The third-order valence-corrected chi connectivity index (χ3v) is 2.07. The van der Waals surface area contributed by atoms with Crippen LogP contribution in [0.1, 0.15) is 15.9 Å². The molecule has 0 heterocycles. The molecule has 1 aromatic rings. The standard InChI is InChI=1S/C12H11NO5/c1-17-9-5-7(3-4-11(13)14)8(12(15)16)6-10(9)18-2/h5-6H,1-2H3,(H2,13,14)(H,15,16). The van der Waals surface area contributed by atoms with Crippen LogP contribution in [0.4, 0.5) is 0 Å². The summed E-state index contributed by atoms with van der Waals surface area (Å²) >= 11 is 0. The summed E-state index contributed by atoms with van der Waals surface area (Å²) in [6.45, 7) is 0. The molecule has 0 radical (unpaired) electrons. The number of carboxylic acid groups (broad SMARTS) is 1. The van der Waals surface area contributed by atoms with Gasteiger partial charge in [-0.2, -0.15) is 0 Å². The molecule has 0 spiro atoms. The largest absolute Gasteiger partial charge is 0.493 e.